The number of pyridine rings is 1. The van der Waals surface area contributed by atoms with Crippen LogP contribution < -0.4 is 4.74 Å². The zero-order valence-electron chi connectivity index (χ0n) is 9.81. The van der Waals surface area contributed by atoms with E-state index in [2.05, 4.69) is 16.9 Å². The SMILES string of the molecule is COc1cncc(C2(O)CCN(C)CC2)c1. The summed E-state index contributed by atoms with van der Waals surface area (Å²) < 4.78 is 5.13. The lowest BCUT2D eigenvalue weighted by Crippen LogP contribution is -2.40. The predicted octanol–water partition coefficient (Wildman–Crippen LogP) is 1.00. The molecule has 0 aliphatic carbocycles. The van der Waals surface area contributed by atoms with Crippen LogP contribution in [-0.2, 0) is 5.60 Å². The minimum Gasteiger partial charge on any atom is -0.495 e. The normalized spacial score (nSPS) is 20.7. The van der Waals surface area contributed by atoms with Crippen LogP contribution in [0, 0.1) is 0 Å². The van der Waals surface area contributed by atoms with E-state index in [0.717, 1.165) is 31.5 Å². The summed E-state index contributed by atoms with van der Waals surface area (Å²) >= 11 is 0. The number of hydrogen-bond donors (Lipinski definition) is 1. The Morgan fingerprint density at radius 2 is 2.06 bits per heavy atom. The van der Waals surface area contributed by atoms with Crippen molar-refractivity contribution in [3.05, 3.63) is 24.0 Å². The number of piperidine rings is 1. The van der Waals surface area contributed by atoms with Gasteiger partial charge in [-0.05, 0) is 26.0 Å². The van der Waals surface area contributed by atoms with Gasteiger partial charge in [-0.3, -0.25) is 4.98 Å². The first-order valence-corrected chi connectivity index (χ1v) is 5.54. The molecular formula is C12H18N2O2. The molecule has 0 amide bonds. The highest BCUT2D eigenvalue weighted by Gasteiger charge is 2.33. The number of hydrogen-bond acceptors (Lipinski definition) is 4. The first-order chi connectivity index (χ1) is 7.64. The molecule has 1 N–H and O–H groups in total. The van der Waals surface area contributed by atoms with Crippen LogP contribution in [0.5, 0.6) is 5.75 Å². The zero-order chi connectivity index (χ0) is 11.6. The minimum atomic E-state index is -0.742. The highest BCUT2D eigenvalue weighted by Crippen LogP contribution is 2.33. The van der Waals surface area contributed by atoms with Crippen LogP contribution >= 0.6 is 0 Å². The molecule has 0 unspecified atom stereocenters. The molecule has 0 atom stereocenters. The van der Waals surface area contributed by atoms with Gasteiger partial charge in [0.2, 0.25) is 0 Å². The van der Waals surface area contributed by atoms with E-state index in [0.29, 0.717) is 5.75 Å². The summed E-state index contributed by atoms with van der Waals surface area (Å²) in [6.07, 6.45) is 4.88. The minimum absolute atomic E-state index is 0.699. The second-order valence-corrected chi connectivity index (χ2v) is 4.45. The predicted molar refractivity (Wildman–Crippen MR) is 61.4 cm³/mol. The molecule has 1 aromatic rings. The van der Waals surface area contributed by atoms with Gasteiger partial charge in [-0.1, -0.05) is 0 Å². The molecule has 0 radical (unpaired) electrons. The average molecular weight is 222 g/mol. The van der Waals surface area contributed by atoms with E-state index in [-0.39, 0.29) is 0 Å². The molecule has 2 heterocycles. The summed E-state index contributed by atoms with van der Waals surface area (Å²) in [5.41, 5.74) is 0.119. The van der Waals surface area contributed by atoms with Gasteiger partial charge in [-0.15, -0.1) is 0 Å². The molecular weight excluding hydrogens is 204 g/mol. The molecule has 16 heavy (non-hydrogen) atoms. The Morgan fingerprint density at radius 1 is 1.38 bits per heavy atom. The van der Waals surface area contributed by atoms with Crippen molar-refractivity contribution >= 4 is 0 Å². The maximum Gasteiger partial charge on any atom is 0.137 e. The van der Waals surface area contributed by atoms with Crippen LogP contribution in [0.2, 0.25) is 0 Å². The van der Waals surface area contributed by atoms with Crippen LogP contribution in [0.15, 0.2) is 18.5 Å². The second-order valence-electron chi connectivity index (χ2n) is 4.45. The number of aliphatic hydroxyl groups is 1. The third-order valence-corrected chi connectivity index (χ3v) is 3.30. The lowest BCUT2D eigenvalue weighted by atomic mass is 9.85. The Labute approximate surface area is 95.9 Å². The number of rotatable bonds is 2. The number of nitrogens with zero attached hydrogens (tertiary/aromatic N) is 2. The van der Waals surface area contributed by atoms with E-state index < -0.39 is 5.60 Å². The third kappa shape index (κ3) is 2.18. The largest absolute Gasteiger partial charge is 0.495 e. The third-order valence-electron chi connectivity index (χ3n) is 3.30. The fourth-order valence-electron chi connectivity index (χ4n) is 2.06. The Kier molecular flexibility index (Phi) is 3.12. The van der Waals surface area contributed by atoms with E-state index >= 15 is 0 Å². The molecule has 4 nitrogen and oxygen atoms in total. The molecule has 0 spiro atoms. The lowest BCUT2D eigenvalue weighted by molar-refractivity contribution is -0.0207. The van der Waals surface area contributed by atoms with Gasteiger partial charge in [0.15, 0.2) is 0 Å². The van der Waals surface area contributed by atoms with Crippen LogP contribution in [0.1, 0.15) is 18.4 Å². The van der Waals surface area contributed by atoms with Gasteiger partial charge in [0, 0.05) is 24.8 Å². The van der Waals surface area contributed by atoms with Gasteiger partial charge in [0.1, 0.15) is 5.75 Å². The number of methoxy groups -OCH3 is 1. The molecule has 0 aromatic carbocycles. The van der Waals surface area contributed by atoms with Crippen molar-refractivity contribution in [1.29, 1.82) is 0 Å². The Hall–Kier alpha value is -1.13. The van der Waals surface area contributed by atoms with Crippen molar-refractivity contribution in [2.24, 2.45) is 0 Å². The molecule has 0 bridgehead atoms. The molecule has 1 fully saturated rings. The van der Waals surface area contributed by atoms with Gasteiger partial charge < -0.3 is 14.7 Å². The average Bonchev–Trinajstić information content (AvgIpc) is 2.33. The van der Waals surface area contributed by atoms with Gasteiger partial charge in [0.05, 0.1) is 18.9 Å². The Balaban J connectivity index is 2.21. The van der Waals surface area contributed by atoms with Gasteiger partial charge in [-0.2, -0.15) is 0 Å². The summed E-state index contributed by atoms with van der Waals surface area (Å²) in [6.45, 7) is 1.82. The molecule has 1 aliphatic heterocycles. The second kappa shape index (κ2) is 4.39. The summed E-state index contributed by atoms with van der Waals surface area (Å²) in [7, 11) is 3.68. The van der Waals surface area contributed by atoms with Gasteiger partial charge in [-0.25, -0.2) is 0 Å². The highest BCUT2D eigenvalue weighted by molar-refractivity contribution is 5.28. The Bertz CT molecular complexity index is 360. The fraction of sp³-hybridized carbons (Fsp3) is 0.583. The molecule has 1 aliphatic rings. The molecule has 4 heteroatoms. The van der Waals surface area contributed by atoms with Crippen molar-refractivity contribution in [2.75, 3.05) is 27.2 Å². The van der Waals surface area contributed by atoms with Gasteiger partial charge >= 0.3 is 0 Å². The summed E-state index contributed by atoms with van der Waals surface area (Å²) in [5, 5.41) is 10.6. The van der Waals surface area contributed by atoms with Crippen molar-refractivity contribution in [1.82, 2.24) is 9.88 Å². The molecule has 2 rings (SSSR count). The van der Waals surface area contributed by atoms with Crippen molar-refractivity contribution in [3.8, 4) is 5.75 Å². The monoisotopic (exact) mass is 222 g/mol. The molecule has 88 valence electrons. The number of ether oxygens (including phenoxy) is 1. The molecule has 1 saturated heterocycles. The topological polar surface area (TPSA) is 45.6 Å². The van der Waals surface area contributed by atoms with Gasteiger partial charge in [0.25, 0.3) is 0 Å². The lowest BCUT2D eigenvalue weighted by Gasteiger charge is -2.36. The first kappa shape index (κ1) is 11.4. The van der Waals surface area contributed by atoms with Crippen LogP contribution in [-0.4, -0.2) is 42.2 Å². The first-order valence-electron chi connectivity index (χ1n) is 5.54. The summed E-state index contributed by atoms with van der Waals surface area (Å²) in [5.74, 6) is 0.699. The quantitative estimate of drug-likeness (QED) is 0.811. The van der Waals surface area contributed by atoms with E-state index in [9.17, 15) is 5.11 Å². The maximum absolute atomic E-state index is 10.6. The van der Waals surface area contributed by atoms with Crippen LogP contribution in [0.4, 0.5) is 0 Å². The number of aromatic nitrogens is 1. The summed E-state index contributed by atoms with van der Waals surface area (Å²) in [6, 6.07) is 1.87. The highest BCUT2D eigenvalue weighted by atomic mass is 16.5. The maximum atomic E-state index is 10.6. The van der Waals surface area contributed by atoms with Crippen LogP contribution in [0.3, 0.4) is 0 Å². The fourth-order valence-corrected chi connectivity index (χ4v) is 2.06. The van der Waals surface area contributed by atoms with Crippen molar-refractivity contribution < 1.29 is 9.84 Å². The number of likely N-dealkylation sites (tertiary alicyclic amines) is 1. The zero-order valence-corrected chi connectivity index (χ0v) is 9.81. The van der Waals surface area contributed by atoms with E-state index in [1.165, 1.54) is 0 Å². The standard InChI is InChI=1S/C12H18N2O2/c1-14-5-3-12(15,4-6-14)10-7-11(16-2)9-13-8-10/h7-9,15H,3-6H2,1-2H3. The van der Waals surface area contributed by atoms with E-state index in [1.807, 2.05) is 6.07 Å². The van der Waals surface area contributed by atoms with Crippen LogP contribution in [0.25, 0.3) is 0 Å². The van der Waals surface area contributed by atoms with Crippen molar-refractivity contribution in [2.45, 2.75) is 18.4 Å². The molecule has 0 saturated carbocycles. The van der Waals surface area contributed by atoms with E-state index in [1.54, 1.807) is 19.5 Å². The van der Waals surface area contributed by atoms with Crippen molar-refractivity contribution in [3.63, 3.8) is 0 Å². The van der Waals surface area contributed by atoms with E-state index in [4.69, 9.17) is 4.74 Å². The summed E-state index contributed by atoms with van der Waals surface area (Å²) in [4.78, 5) is 6.32. The molecule has 1 aromatic heterocycles. The smallest absolute Gasteiger partial charge is 0.137 e. The Morgan fingerprint density at radius 3 is 2.69 bits per heavy atom.